The normalized spacial score (nSPS) is 15.7. The summed E-state index contributed by atoms with van der Waals surface area (Å²) in [5, 5.41) is 19.5. The Morgan fingerprint density at radius 2 is 1.94 bits per heavy atom. The Hall–Kier alpha value is -3.85. The number of phenols is 2. The summed E-state index contributed by atoms with van der Waals surface area (Å²) in [7, 11) is 1.44. The summed E-state index contributed by atoms with van der Waals surface area (Å²) >= 11 is 1.20. The van der Waals surface area contributed by atoms with E-state index in [1.165, 1.54) is 29.1 Å². The molecule has 0 amide bonds. The highest BCUT2D eigenvalue weighted by atomic mass is 32.1. The molecule has 1 aliphatic heterocycles. The van der Waals surface area contributed by atoms with E-state index in [1.807, 2.05) is 0 Å². The molecular formula is C24H22N2O6S. The molecule has 33 heavy (non-hydrogen) atoms. The first-order valence-corrected chi connectivity index (χ1v) is 11.0. The number of hydrogen-bond acceptors (Lipinski definition) is 8. The number of esters is 1. The van der Waals surface area contributed by atoms with Gasteiger partial charge in [0, 0.05) is 5.70 Å². The van der Waals surface area contributed by atoms with Gasteiger partial charge in [0.05, 0.1) is 23.8 Å². The highest BCUT2D eigenvalue weighted by Gasteiger charge is 2.31. The van der Waals surface area contributed by atoms with E-state index < -0.39 is 12.0 Å². The van der Waals surface area contributed by atoms with Crippen LogP contribution in [0.1, 0.15) is 31.0 Å². The van der Waals surface area contributed by atoms with Crippen LogP contribution in [-0.4, -0.2) is 34.5 Å². The van der Waals surface area contributed by atoms with Crippen molar-refractivity contribution in [2.24, 2.45) is 4.99 Å². The Balaban J connectivity index is 1.94. The van der Waals surface area contributed by atoms with E-state index in [0.717, 1.165) is 5.56 Å². The van der Waals surface area contributed by atoms with Gasteiger partial charge in [0.25, 0.3) is 5.56 Å². The lowest BCUT2D eigenvalue weighted by Crippen LogP contribution is -2.35. The minimum atomic E-state index is -0.738. The minimum Gasteiger partial charge on any atom is -0.508 e. The highest BCUT2D eigenvalue weighted by Crippen LogP contribution is 2.36. The van der Waals surface area contributed by atoms with E-state index in [2.05, 4.69) is 0 Å². The number of thiazole rings is 1. The molecule has 1 aromatic heterocycles. The summed E-state index contributed by atoms with van der Waals surface area (Å²) < 4.78 is 12.3. The van der Waals surface area contributed by atoms with Crippen LogP contribution in [0, 0.1) is 0 Å². The molecule has 3 aromatic rings. The van der Waals surface area contributed by atoms with Crippen molar-refractivity contribution in [1.29, 1.82) is 0 Å². The lowest BCUT2D eigenvalue weighted by Gasteiger charge is -2.22. The summed E-state index contributed by atoms with van der Waals surface area (Å²) in [6.45, 7) is 3.57. The summed E-state index contributed by atoms with van der Waals surface area (Å²) in [5.41, 5.74) is 1.74. The molecule has 0 aliphatic carbocycles. The number of nitrogens with zero attached hydrogens (tertiary/aromatic N) is 2. The summed E-state index contributed by atoms with van der Waals surface area (Å²) in [6, 6.07) is 10.5. The monoisotopic (exact) mass is 466 g/mol. The van der Waals surface area contributed by atoms with Crippen molar-refractivity contribution in [3.05, 3.63) is 78.9 Å². The Bertz CT molecular complexity index is 1430. The summed E-state index contributed by atoms with van der Waals surface area (Å²) in [4.78, 5) is 31.3. The zero-order valence-electron chi connectivity index (χ0n) is 18.2. The van der Waals surface area contributed by atoms with Crippen LogP contribution in [0.25, 0.3) is 11.8 Å². The van der Waals surface area contributed by atoms with E-state index in [9.17, 15) is 19.8 Å². The van der Waals surface area contributed by atoms with E-state index >= 15 is 0 Å². The van der Waals surface area contributed by atoms with E-state index in [4.69, 9.17) is 14.5 Å². The largest absolute Gasteiger partial charge is 0.508 e. The predicted molar refractivity (Wildman–Crippen MR) is 124 cm³/mol. The Labute approximate surface area is 193 Å². The van der Waals surface area contributed by atoms with Crippen molar-refractivity contribution < 1.29 is 24.5 Å². The fourth-order valence-electron chi connectivity index (χ4n) is 3.64. The van der Waals surface area contributed by atoms with Crippen LogP contribution in [0.4, 0.5) is 0 Å². The molecule has 4 rings (SSSR count). The number of aromatic hydroxyl groups is 2. The second-order valence-corrected chi connectivity index (χ2v) is 8.32. The maximum atomic E-state index is 13.2. The molecule has 0 fully saturated rings. The second kappa shape index (κ2) is 8.95. The molecule has 0 saturated carbocycles. The molecule has 8 nitrogen and oxygen atoms in total. The molecule has 2 N–H and O–H groups in total. The topological polar surface area (TPSA) is 110 Å². The van der Waals surface area contributed by atoms with Crippen LogP contribution in [0.3, 0.4) is 0 Å². The lowest BCUT2D eigenvalue weighted by atomic mass is 9.96. The number of carbonyl (C=O) groups is 1. The second-order valence-electron chi connectivity index (χ2n) is 7.31. The summed E-state index contributed by atoms with van der Waals surface area (Å²) in [5.74, 6) is -0.216. The number of benzene rings is 2. The molecule has 0 spiro atoms. The Kier molecular flexibility index (Phi) is 6.06. The third kappa shape index (κ3) is 4.14. The van der Waals surface area contributed by atoms with E-state index in [-0.39, 0.29) is 35.0 Å². The van der Waals surface area contributed by atoms with Gasteiger partial charge in [-0.15, -0.1) is 0 Å². The SMILES string of the molecule is CCOC(=O)C1=C(C)n2c(s/c(=C/c3ccc(O)cc3)c2=O)=N[C@@H]1c1ccc(O)c(OC)c1. The van der Waals surface area contributed by atoms with Crippen LogP contribution in [0.5, 0.6) is 17.2 Å². The van der Waals surface area contributed by atoms with Gasteiger partial charge in [0.15, 0.2) is 16.3 Å². The quantitative estimate of drug-likeness (QED) is 0.559. The first kappa shape index (κ1) is 22.3. The van der Waals surface area contributed by atoms with Crippen LogP contribution >= 0.6 is 11.3 Å². The molecule has 1 aliphatic rings. The number of phenolic OH excluding ortho intramolecular Hbond substituents is 2. The molecule has 0 radical (unpaired) electrons. The number of carbonyl (C=O) groups excluding carboxylic acids is 1. The zero-order chi connectivity index (χ0) is 23.7. The van der Waals surface area contributed by atoms with Gasteiger partial charge in [-0.2, -0.15) is 0 Å². The molecular weight excluding hydrogens is 444 g/mol. The third-order valence-electron chi connectivity index (χ3n) is 5.25. The van der Waals surface area contributed by atoms with Crippen molar-refractivity contribution in [2.75, 3.05) is 13.7 Å². The molecule has 170 valence electrons. The maximum absolute atomic E-state index is 13.2. The number of fused-ring (bicyclic) bond motifs is 1. The molecule has 0 unspecified atom stereocenters. The number of rotatable bonds is 5. The van der Waals surface area contributed by atoms with Gasteiger partial charge in [0.2, 0.25) is 0 Å². The van der Waals surface area contributed by atoms with E-state index in [0.29, 0.717) is 20.6 Å². The van der Waals surface area contributed by atoms with Crippen molar-refractivity contribution in [3.8, 4) is 17.2 Å². The fraction of sp³-hybridized carbons (Fsp3) is 0.208. The van der Waals surface area contributed by atoms with Gasteiger partial charge in [0.1, 0.15) is 11.8 Å². The standard InChI is InChI=1S/C24H22N2O6S/c1-4-32-23(30)20-13(2)26-22(29)19(11-14-5-8-16(27)9-6-14)33-24(26)25-21(20)15-7-10-17(28)18(12-15)31-3/h5-12,21,27-28H,4H2,1-3H3/b19-11+/t21-/m1/s1. The highest BCUT2D eigenvalue weighted by molar-refractivity contribution is 7.07. The fourth-order valence-corrected chi connectivity index (χ4v) is 4.68. The summed E-state index contributed by atoms with van der Waals surface area (Å²) in [6.07, 6.45) is 1.71. The van der Waals surface area contributed by atoms with Crippen molar-refractivity contribution in [2.45, 2.75) is 19.9 Å². The number of aromatic nitrogens is 1. The smallest absolute Gasteiger partial charge is 0.338 e. The van der Waals surface area contributed by atoms with Gasteiger partial charge >= 0.3 is 5.97 Å². The first-order chi connectivity index (χ1) is 15.8. The Morgan fingerprint density at radius 3 is 2.61 bits per heavy atom. The van der Waals surface area contributed by atoms with Crippen LogP contribution in [0.2, 0.25) is 0 Å². The average Bonchev–Trinajstić information content (AvgIpc) is 3.11. The molecule has 9 heteroatoms. The number of methoxy groups -OCH3 is 1. The van der Waals surface area contributed by atoms with Crippen LogP contribution in [0.15, 0.2) is 57.8 Å². The van der Waals surface area contributed by atoms with Crippen LogP contribution in [-0.2, 0) is 9.53 Å². The van der Waals surface area contributed by atoms with Crippen molar-refractivity contribution in [3.63, 3.8) is 0 Å². The van der Waals surface area contributed by atoms with Crippen molar-refractivity contribution in [1.82, 2.24) is 4.57 Å². The molecule has 1 atom stereocenters. The number of hydrogen-bond donors (Lipinski definition) is 2. The van der Waals surface area contributed by atoms with E-state index in [1.54, 1.807) is 56.3 Å². The molecule has 0 bridgehead atoms. The van der Waals surface area contributed by atoms with Gasteiger partial charge in [-0.25, -0.2) is 9.79 Å². The zero-order valence-corrected chi connectivity index (χ0v) is 19.0. The number of ether oxygens (including phenoxy) is 2. The predicted octanol–water partition coefficient (Wildman–Crippen LogP) is 2.33. The lowest BCUT2D eigenvalue weighted by molar-refractivity contribution is -0.138. The third-order valence-corrected chi connectivity index (χ3v) is 6.23. The minimum absolute atomic E-state index is 0.0331. The molecule has 2 heterocycles. The van der Waals surface area contributed by atoms with Crippen LogP contribution < -0.4 is 19.6 Å². The average molecular weight is 467 g/mol. The van der Waals surface area contributed by atoms with Gasteiger partial charge in [-0.3, -0.25) is 9.36 Å². The van der Waals surface area contributed by atoms with Gasteiger partial charge < -0.3 is 19.7 Å². The first-order valence-electron chi connectivity index (χ1n) is 10.2. The molecule has 0 saturated heterocycles. The number of allylic oxidation sites excluding steroid dienone is 1. The van der Waals surface area contributed by atoms with Crippen molar-refractivity contribution >= 4 is 29.1 Å². The molecule has 2 aromatic carbocycles. The van der Waals surface area contributed by atoms with Gasteiger partial charge in [-0.05, 0) is 55.3 Å². The maximum Gasteiger partial charge on any atom is 0.338 e. The van der Waals surface area contributed by atoms with Gasteiger partial charge in [-0.1, -0.05) is 29.5 Å². The Morgan fingerprint density at radius 1 is 1.21 bits per heavy atom.